The summed E-state index contributed by atoms with van der Waals surface area (Å²) in [5.41, 5.74) is 5.02. The number of hydrogen-bond donors (Lipinski definition) is 3. The van der Waals surface area contributed by atoms with Crippen molar-refractivity contribution >= 4 is 35.7 Å². The lowest BCUT2D eigenvalue weighted by Gasteiger charge is -2.31. The minimum absolute atomic E-state index is 0.000336. The molecule has 17 nitrogen and oxygen atoms in total. The van der Waals surface area contributed by atoms with Crippen LogP contribution < -0.4 is 28.7 Å². The lowest BCUT2D eigenvalue weighted by atomic mass is 10.1. The van der Waals surface area contributed by atoms with Crippen LogP contribution in [0.15, 0.2) is 91.0 Å². The van der Waals surface area contributed by atoms with Crippen molar-refractivity contribution in [1.29, 1.82) is 0 Å². The number of rotatable bonds is 13. The average molecular weight is 890 g/mol. The molecule has 3 unspecified atom stereocenters. The van der Waals surface area contributed by atoms with Crippen LogP contribution in [0.4, 0.5) is 16.2 Å². The summed E-state index contributed by atoms with van der Waals surface area (Å²) in [6.07, 6.45) is -2.59. The fraction of sp³-hybridized carbons (Fsp3) is 0.333. The number of carbonyl (C=O) groups is 4. The summed E-state index contributed by atoms with van der Waals surface area (Å²) in [7, 11) is 6.76. The molecule has 0 aliphatic carbocycles. The molecule has 4 aromatic rings. The highest BCUT2D eigenvalue weighted by Gasteiger charge is 2.47. The van der Waals surface area contributed by atoms with Crippen molar-refractivity contribution in [3.05, 3.63) is 124 Å². The van der Waals surface area contributed by atoms with Crippen LogP contribution in [-0.2, 0) is 35.9 Å². The molecule has 8 rings (SSSR count). The van der Waals surface area contributed by atoms with Crippen LogP contribution in [0.1, 0.15) is 55.8 Å². The zero-order valence-corrected chi connectivity index (χ0v) is 36.6. The molecule has 65 heavy (non-hydrogen) atoms. The van der Waals surface area contributed by atoms with Crippen LogP contribution in [0, 0.1) is 0 Å². The Morgan fingerprint density at radius 2 is 1.22 bits per heavy atom. The number of nitrogens with zero attached hydrogens (tertiary/aromatic N) is 5. The predicted molar refractivity (Wildman–Crippen MR) is 237 cm³/mol. The summed E-state index contributed by atoms with van der Waals surface area (Å²) in [6.45, 7) is 8.90. The molecule has 340 valence electrons. The molecule has 4 heterocycles. The molecule has 0 bridgehead atoms. The van der Waals surface area contributed by atoms with Gasteiger partial charge in [0.15, 0.2) is 35.5 Å². The molecule has 4 aromatic carbocycles. The summed E-state index contributed by atoms with van der Waals surface area (Å²) >= 11 is 0. The Labute approximate surface area is 375 Å². The molecule has 4 amide bonds. The minimum atomic E-state index is -1.50. The molecule has 2 fully saturated rings. The van der Waals surface area contributed by atoms with Gasteiger partial charge in [0.05, 0.1) is 48.8 Å². The second-order valence-electron chi connectivity index (χ2n) is 16.9. The van der Waals surface area contributed by atoms with Gasteiger partial charge in [0.1, 0.15) is 25.6 Å². The van der Waals surface area contributed by atoms with E-state index in [0.717, 1.165) is 37.6 Å². The smallest absolute Gasteiger partial charge is 0.416 e. The Bertz CT molecular complexity index is 2560. The van der Waals surface area contributed by atoms with E-state index in [9.17, 15) is 34.5 Å². The highest BCUT2D eigenvalue weighted by molar-refractivity contribution is 6.06. The summed E-state index contributed by atoms with van der Waals surface area (Å²) in [4.78, 5) is 61.4. The zero-order valence-electron chi connectivity index (χ0n) is 36.6. The standard InChI is InChI=1S/C48H51N5O12/c1-27-11-38-46(58)52(26-54)36-18-42(40(61-5)16-34(36)44(56)50(38)20-27)63-24-31-13-30(22-49(3)4)14-32(15-31)25-64-43-19-37-35(17-41(43)62-6)45(57)51-21-28(2)12-39(51)47(59)53(37)48(60)65-23-29-7-9-33(55)10-8-29/h7-10,13-19,26,38-39,46-47,55,58-59H,1-2,11-12,20-25H2,3-6H3/t38?,39-,46?,47?/m0/s1. The average Bonchev–Trinajstić information content (AvgIpc) is 3.85. The number of phenols is 1. The van der Waals surface area contributed by atoms with Crippen LogP contribution >= 0.6 is 0 Å². The number of ether oxygens (including phenoxy) is 5. The number of phenolic OH excluding ortho intramolecular Hbond substituents is 1. The number of anilines is 2. The van der Waals surface area contributed by atoms with Gasteiger partial charge in [0, 0.05) is 31.8 Å². The van der Waals surface area contributed by atoms with Crippen LogP contribution in [0.2, 0.25) is 0 Å². The van der Waals surface area contributed by atoms with Gasteiger partial charge in [-0.25, -0.2) is 9.69 Å². The second kappa shape index (κ2) is 18.2. The fourth-order valence-corrected chi connectivity index (χ4v) is 8.90. The van der Waals surface area contributed by atoms with Crippen LogP contribution in [0.3, 0.4) is 0 Å². The van der Waals surface area contributed by atoms with Gasteiger partial charge in [-0.3, -0.25) is 19.3 Å². The van der Waals surface area contributed by atoms with E-state index in [1.165, 1.54) is 60.4 Å². The maximum atomic E-state index is 14.1. The number of methoxy groups -OCH3 is 2. The van der Waals surface area contributed by atoms with Crippen molar-refractivity contribution in [1.82, 2.24) is 14.7 Å². The van der Waals surface area contributed by atoms with E-state index in [1.54, 1.807) is 12.1 Å². The highest BCUT2D eigenvalue weighted by Crippen LogP contribution is 2.44. The predicted octanol–water partition coefficient (Wildman–Crippen LogP) is 4.94. The van der Waals surface area contributed by atoms with E-state index in [1.807, 2.05) is 37.2 Å². The van der Waals surface area contributed by atoms with Gasteiger partial charge >= 0.3 is 6.09 Å². The molecule has 0 spiro atoms. The van der Waals surface area contributed by atoms with Crippen molar-refractivity contribution in [3.8, 4) is 28.7 Å². The molecule has 17 heteroatoms. The summed E-state index contributed by atoms with van der Waals surface area (Å²) in [5.74, 6) is 0.144. The van der Waals surface area contributed by atoms with Gasteiger partial charge in [-0.1, -0.05) is 48.6 Å². The first kappa shape index (κ1) is 44.5. The number of aromatic hydroxyl groups is 1. The normalized spacial score (nSPS) is 20.2. The number of hydrogen-bond acceptors (Lipinski definition) is 13. The largest absolute Gasteiger partial charge is 0.508 e. The third-order valence-electron chi connectivity index (χ3n) is 11.9. The Balaban J connectivity index is 1.08. The number of aliphatic hydroxyl groups is 2. The molecule has 0 saturated carbocycles. The van der Waals surface area contributed by atoms with Gasteiger partial charge in [0.25, 0.3) is 11.8 Å². The molecule has 0 radical (unpaired) electrons. The maximum absolute atomic E-state index is 14.1. The molecular formula is C48H51N5O12. The number of carbonyl (C=O) groups excluding carboxylic acids is 4. The highest BCUT2D eigenvalue weighted by atomic mass is 16.6. The van der Waals surface area contributed by atoms with E-state index < -0.39 is 36.5 Å². The van der Waals surface area contributed by atoms with Crippen LogP contribution in [0.5, 0.6) is 28.7 Å². The van der Waals surface area contributed by atoms with E-state index >= 15 is 0 Å². The van der Waals surface area contributed by atoms with E-state index in [0.29, 0.717) is 24.9 Å². The molecule has 2 saturated heterocycles. The third-order valence-corrected chi connectivity index (χ3v) is 11.9. The Hall–Kier alpha value is -7.08. The summed E-state index contributed by atoms with van der Waals surface area (Å²) in [5, 5.41) is 32.8. The first-order valence-corrected chi connectivity index (χ1v) is 20.9. The van der Waals surface area contributed by atoms with Gasteiger partial charge in [-0.2, -0.15) is 0 Å². The Morgan fingerprint density at radius 1 is 0.708 bits per heavy atom. The molecular weight excluding hydrogens is 839 g/mol. The number of fused-ring (bicyclic) bond motifs is 4. The number of aliphatic hydroxyl groups excluding tert-OH is 2. The van der Waals surface area contributed by atoms with Gasteiger partial charge in [-0.05, 0) is 79.5 Å². The van der Waals surface area contributed by atoms with Crippen LogP contribution in [-0.4, -0.2) is 120 Å². The van der Waals surface area contributed by atoms with Crippen molar-refractivity contribution in [3.63, 3.8) is 0 Å². The monoisotopic (exact) mass is 889 g/mol. The van der Waals surface area contributed by atoms with E-state index in [2.05, 4.69) is 13.2 Å². The van der Waals surface area contributed by atoms with Gasteiger partial charge < -0.3 is 53.7 Å². The zero-order chi connectivity index (χ0) is 46.3. The Morgan fingerprint density at radius 3 is 1.74 bits per heavy atom. The van der Waals surface area contributed by atoms with Crippen molar-refractivity contribution < 1.29 is 58.2 Å². The summed E-state index contributed by atoms with van der Waals surface area (Å²) < 4.78 is 29.8. The lowest BCUT2D eigenvalue weighted by Crippen LogP contribution is -2.50. The molecule has 3 N–H and O–H groups in total. The maximum Gasteiger partial charge on any atom is 0.416 e. The van der Waals surface area contributed by atoms with Crippen molar-refractivity contribution in [2.45, 2.75) is 63.7 Å². The van der Waals surface area contributed by atoms with Crippen LogP contribution in [0.25, 0.3) is 0 Å². The van der Waals surface area contributed by atoms with Gasteiger partial charge in [0.2, 0.25) is 6.41 Å². The SMILES string of the molecule is C=C1CC2C(O)N(C=O)c3cc(OCc4cc(COc5cc6c(cc5OC)C(=O)N5CC(=C)C[C@H]5C(O)N6C(=O)OCc5ccc(O)cc5)cc(CN(C)C)c4)c(OC)cc3C(=O)N2C1. The van der Waals surface area contributed by atoms with E-state index in [-0.39, 0.29) is 96.5 Å². The molecule has 4 atom stereocenters. The quantitative estimate of drug-likeness (QED) is 0.121. The topological polar surface area (TPSA) is 191 Å². The molecule has 0 aromatic heterocycles. The van der Waals surface area contributed by atoms with E-state index in [4.69, 9.17) is 23.7 Å². The van der Waals surface area contributed by atoms with Crippen molar-refractivity contribution in [2.24, 2.45) is 0 Å². The fourth-order valence-electron chi connectivity index (χ4n) is 8.90. The number of amides is 4. The van der Waals surface area contributed by atoms with Gasteiger partial charge in [-0.15, -0.1) is 0 Å². The molecule has 4 aliphatic rings. The summed E-state index contributed by atoms with van der Waals surface area (Å²) in [6, 6.07) is 16.5. The first-order chi connectivity index (χ1) is 31.2. The minimum Gasteiger partial charge on any atom is -0.508 e. The first-order valence-electron chi connectivity index (χ1n) is 20.9. The molecule has 4 aliphatic heterocycles. The third kappa shape index (κ3) is 8.77. The number of benzene rings is 4. The lowest BCUT2D eigenvalue weighted by molar-refractivity contribution is -0.109. The van der Waals surface area contributed by atoms with Crippen molar-refractivity contribution in [2.75, 3.05) is 51.2 Å². The second-order valence-corrected chi connectivity index (χ2v) is 16.9. The Kier molecular flexibility index (Phi) is 12.5.